The number of pyridine rings is 1. The van der Waals surface area contributed by atoms with Crippen molar-refractivity contribution in [2.24, 2.45) is 0 Å². The molecule has 5 heteroatoms. The number of piperidine rings is 1. The zero-order chi connectivity index (χ0) is 15.1. The van der Waals surface area contributed by atoms with Gasteiger partial charge in [-0.25, -0.2) is 9.78 Å². The number of methoxy groups -OCH3 is 1. The van der Waals surface area contributed by atoms with Crippen LogP contribution in [0.15, 0.2) is 18.3 Å². The summed E-state index contributed by atoms with van der Waals surface area (Å²) >= 11 is 0. The molecule has 1 saturated heterocycles. The Morgan fingerprint density at radius 1 is 1.52 bits per heavy atom. The van der Waals surface area contributed by atoms with Crippen LogP contribution in [0.5, 0.6) is 0 Å². The summed E-state index contributed by atoms with van der Waals surface area (Å²) in [5.74, 6) is -0.385. The van der Waals surface area contributed by atoms with E-state index < -0.39 is 0 Å². The van der Waals surface area contributed by atoms with Crippen LogP contribution in [0.25, 0.3) is 0 Å². The summed E-state index contributed by atoms with van der Waals surface area (Å²) in [7, 11) is 1.38. The van der Waals surface area contributed by atoms with Gasteiger partial charge in [-0.3, -0.25) is 0 Å². The van der Waals surface area contributed by atoms with Crippen molar-refractivity contribution in [3.8, 4) is 0 Å². The lowest BCUT2D eigenvalue weighted by Crippen LogP contribution is -2.44. The summed E-state index contributed by atoms with van der Waals surface area (Å²) in [6.07, 6.45) is 6.53. The second-order valence-corrected chi connectivity index (χ2v) is 5.48. The molecule has 1 aromatic rings. The second kappa shape index (κ2) is 7.98. The van der Waals surface area contributed by atoms with Gasteiger partial charge in [0.2, 0.25) is 0 Å². The van der Waals surface area contributed by atoms with Crippen molar-refractivity contribution in [1.82, 2.24) is 10.3 Å². The third-order valence-electron chi connectivity index (χ3n) is 3.85. The molecule has 2 rings (SSSR count). The van der Waals surface area contributed by atoms with Crippen molar-refractivity contribution in [1.29, 1.82) is 0 Å². The molecular formula is C16H25N3O2. The van der Waals surface area contributed by atoms with E-state index >= 15 is 0 Å². The number of nitrogens with one attached hydrogen (secondary N) is 1. The standard InChI is InChI=1S/C16H25N3O2/c1-3-10-19(12-13-6-4-5-8-17-13)14-7-9-18-15(11-14)16(20)21-2/h7,9,11,13,17H,3-6,8,10,12H2,1-2H3. The van der Waals surface area contributed by atoms with E-state index in [1.807, 2.05) is 12.1 Å². The maximum Gasteiger partial charge on any atom is 0.356 e. The Hall–Kier alpha value is -1.62. The number of anilines is 1. The van der Waals surface area contributed by atoms with Gasteiger partial charge in [-0.2, -0.15) is 0 Å². The minimum atomic E-state index is -0.385. The fourth-order valence-electron chi connectivity index (χ4n) is 2.77. The predicted molar refractivity (Wildman–Crippen MR) is 83.7 cm³/mol. The van der Waals surface area contributed by atoms with E-state index in [1.54, 1.807) is 6.20 Å². The predicted octanol–water partition coefficient (Wildman–Crippen LogP) is 2.23. The Balaban J connectivity index is 2.10. The first kappa shape index (κ1) is 15.8. The van der Waals surface area contributed by atoms with Gasteiger partial charge in [0.05, 0.1) is 7.11 Å². The molecule has 0 saturated carbocycles. The molecule has 1 N–H and O–H groups in total. The zero-order valence-electron chi connectivity index (χ0n) is 13.0. The lowest BCUT2D eigenvalue weighted by molar-refractivity contribution is 0.0594. The van der Waals surface area contributed by atoms with Crippen LogP contribution in [-0.2, 0) is 4.74 Å². The summed E-state index contributed by atoms with van der Waals surface area (Å²) in [6, 6.07) is 4.31. The molecule has 1 unspecified atom stereocenters. The highest BCUT2D eigenvalue weighted by Gasteiger charge is 2.18. The number of hydrogen-bond donors (Lipinski definition) is 1. The molecule has 1 aromatic heterocycles. The molecule has 0 aromatic carbocycles. The minimum Gasteiger partial charge on any atom is -0.464 e. The van der Waals surface area contributed by atoms with E-state index in [2.05, 4.69) is 22.1 Å². The Bertz CT molecular complexity index is 459. The summed E-state index contributed by atoms with van der Waals surface area (Å²) in [5, 5.41) is 3.58. The van der Waals surface area contributed by atoms with Gasteiger partial charge < -0.3 is 15.0 Å². The highest BCUT2D eigenvalue weighted by Crippen LogP contribution is 2.18. The highest BCUT2D eigenvalue weighted by atomic mass is 16.5. The molecule has 1 aliphatic heterocycles. The minimum absolute atomic E-state index is 0.368. The monoisotopic (exact) mass is 291 g/mol. The summed E-state index contributed by atoms with van der Waals surface area (Å²) in [4.78, 5) is 18.0. The van der Waals surface area contributed by atoms with Gasteiger partial charge in [-0.15, -0.1) is 0 Å². The third kappa shape index (κ3) is 4.43. The summed E-state index contributed by atoms with van der Waals surface area (Å²) in [5.41, 5.74) is 1.41. The van der Waals surface area contributed by atoms with Gasteiger partial charge in [0.15, 0.2) is 0 Å². The van der Waals surface area contributed by atoms with E-state index in [4.69, 9.17) is 4.74 Å². The van der Waals surface area contributed by atoms with Crippen molar-refractivity contribution in [2.45, 2.75) is 38.6 Å². The van der Waals surface area contributed by atoms with Crippen LogP contribution in [0.2, 0.25) is 0 Å². The molecule has 0 spiro atoms. The van der Waals surface area contributed by atoms with E-state index in [9.17, 15) is 4.79 Å². The fraction of sp³-hybridized carbons (Fsp3) is 0.625. The van der Waals surface area contributed by atoms with Crippen molar-refractivity contribution >= 4 is 11.7 Å². The average Bonchev–Trinajstić information content (AvgIpc) is 2.55. The first-order valence-electron chi connectivity index (χ1n) is 7.77. The number of rotatable bonds is 6. The van der Waals surface area contributed by atoms with E-state index in [0.29, 0.717) is 11.7 Å². The molecule has 1 aliphatic rings. The summed E-state index contributed by atoms with van der Waals surface area (Å²) in [6.45, 7) is 5.22. The fourth-order valence-corrected chi connectivity index (χ4v) is 2.77. The summed E-state index contributed by atoms with van der Waals surface area (Å²) < 4.78 is 4.75. The topological polar surface area (TPSA) is 54.5 Å². The van der Waals surface area contributed by atoms with Crippen molar-refractivity contribution in [2.75, 3.05) is 31.6 Å². The van der Waals surface area contributed by atoms with Gasteiger partial charge in [-0.05, 0) is 37.9 Å². The molecule has 116 valence electrons. The largest absolute Gasteiger partial charge is 0.464 e. The van der Waals surface area contributed by atoms with Crippen LogP contribution >= 0.6 is 0 Å². The Kier molecular flexibility index (Phi) is 5.99. The van der Waals surface area contributed by atoms with Crippen LogP contribution in [0.4, 0.5) is 5.69 Å². The zero-order valence-corrected chi connectivity index (χ0v) is 13.0. The average molecular weight is 291 g/mol. The quantitative estimate of drug-likeness (QED) is 0.815. The Morgan fingerprint density at radius 2 is 2.38 bits per heavy atom. The van der Waals surface area contributed by atoms with Crippen LogP contribution in [0, 0.1) is 0 Å². The molecule has 21 heavy (non-hydrogen) atoms. The molecule has 1 fully saturated rings. The van der Waals surface area contributed by atoms with Crippen LogP contribution in [0.3, 0.4) is 0 Å². The van der Waals surface area contributed by atoms with Gasteiger partial charge in [0.1, 0.15) is 5.69 Å². The normalized spacial score (nSPS) is 18.3. The molecule has 1 atom stereocenters. The number of nitrogens with zero attached hydrogens (tertiary/aromatic N) is 2. The molecule has 0 amide bonds. The molecule has 0 radical (unpaired) electrons. The number of carbonyl (C=O) groups is 1. The van der Waals surface area contributed by atoms with Gasteiger partial charge in [-0.1, -0.05) is 13.3 Å². The molecule has 0 aliphatic carbocycles. The van der Waals surface area contributed by atoms with Gasteiger partial charge in [0.25, 0.3) is 0 Å². The van der Waals surface area contributed by atoms with Crippen LogP contribution < -0.4 is 10.2 Å². The molecule has 5 nitrogen and oxygen atoms in total. The molecular weight excluding hydrogens is 266 g/mol. The number of esters is 1. The van der Waals surface area contributed by atoms with E-state index in [-0.39, 0.29) is 5.97 Å². The van der Waals surface area contributed by atoms with Gasteiger partial charge in [0, 0.05) is 31.0 Å². The SMILES string of the molecule is CCCN(CC1CCCCN1)c1ccnc(C(=O)OC)c1. The van der Waals surface area contributed by atoms with E-state index in [1.165, 1.54) is 26.4 Å². The maximum atomic E-state index is 11.6. The van der Waals surface area contributed by atoms with E-state index in [0.717, 1.165) is 31.7 Å². The van der Waals surface area contributed by atoms with Crippen LogP contribution in [-0.4, -0.2) is 43.7 Å². The highest BCUT2D eigenvalue weighted by molar-refractivity contribution is 5.88. The number of ether oxygens (including phenoxy) is 1. The maximum absolute atomic E-state index is 11.6. The Labute approximate surface area is 126 Å². The van der Waals surface area contributed by atoms with Gasteiger partial charge >= 0.3 is 5.97 Å². The second-order valence-electron chi connectivity index (χ2n) is 5.48. The number of aromatic nitrogens is 1. The first-order valence-corrected chi connectivity index (χ1v) is 7.77. The molecule has 0 bridgehead atoms. The van der Waals surface area contributed by atoms with Crippen molar-refractivity contribution < 1.29 is 9.53 Å². The third-order valence-corrected chi connectivity index (χ3v) is 3.85. The van der Waals surface area contributed by atoms with Crippen molar-refractivity contribution in [3.05, 3.63) is 24.0 Å². The first-order chi connectivity index (χ1) is 10.2. The lowest BCUT2D eigenvalue weighted by atomic mass is 10.0. The number of carbonyl (C=O) groups excluding carboxylic acids is 1. The van der Waals surface area contributed by atoms with Crippen LogP contribution in [0.1, 0.15) is 43.1 Å². The van der Waals surface area contributed by atoms with Crippen molar-refractivity contribution in [3.63, 3.8) is 0 Å². The smallest absolute Gasteiger partial charge is 0.356 e. The Morgan fingerprint density at radius 3 is 3.05 bits per heavy atom. The molecule has 2 heterocycles. The number of hydrogen-bond acceptors (Lipinski definition) is 5. The lowest BCUT2D eigenvalue weighted by Gasteiger charge is -2.32.